The molecule has 0 bridgehead atoms. The van der Waals surface area contributed by atoms with Crippen molar-refractivity contribution in [1.82, 2.24) is 10.6 Å². The molecule has 0 saturated carbocycles. The topological polar surface area (TPSA) is 56.7 Å². The number of hydrogen-bond acceptors (Lipinski definition) is 2. The molecular formula is C18H23ClIN3O. The molecule has 130 valence electrons. The maximum atomic E-state index is 9.31. The smallest absolute Gasteiger partial charge is 0.192 e. The van der Waals surface area contributed by atoms with Gasteiger partial charge in [0.25, 0.3) is 0 Å². The van der Waals surface area contributed by atoms with Gasteiger partial charge >= 0.3 is 0 Å². The molecule has 0 aliphatic heterocycles. The van der Waals surface area contributed by atoms with Gasteiger partial charge in [0.2, 0.25) is 0 Å². The maximum absolute atomic E-state index is 9.31. The second-order valence-electron chi connectivity index (χ2n) is 5.28. The molecule has 0 aromatic heterocycles. The summed E-state index contributed by atoms with van der Waals surface area (Å²) in [6.07, 6.45) is 0. The lowest BCUT2D eigenvalue weighted by Crippen LogP contribution is -2.38. The van der Waals surface area contributed by atoms with Crippen molar-refractivity contribution in [1.29, 1.82) is 0 Å². The fourth-order valence-corrected chi connectivity index (χ4v) is 2.26. The third-order valence-corrected chi connectivity index (χ3v) is 3.68. The number of rotatable bonds is 5. The average molecular weight is 460 g/mol. The summed E-state index contributed by atoms with van der Waals surface area (Å²) >= 11 is 5.93. The van der Waals surface area contributed by atoms with E-state index in [9.17, 15) is 5.11 Å². The molecule has 0 fully saturated rings. The lowest BCUT2D eigenvalue weighted by molar-refractivity contribution is 0.475. The van der Waals surface area contributed by atoms with Crippen LogP contribution in [0.5, 0.6) is 5.75 Å². The van der Waals surface area contributed by atoms with Crippen LogP contribution >= 0.6 is 35.6 Å². The predicted molar refractivity (Wildman–Crippen MR) is 111 cm³/mol. The minimum Gasteiger partial charge on any atom is -0.508 e. The van der Waals surface area contributed by atoms with Crippen molar-refractivity contribution in [3.8, 4) is 5.75 Å². The highest BCUT2D eigenvalue weighted by Gasteiger charge is 2.07. The number of benzene rings is 2. The van der Waals surface area contributed by atoms with E-state index in [1.165, 1.54) is 0 Å². The van der Waals surface area contributed by atoms with Crippen LogP contribution in [0.25, 0.3) is 0 Å². The summed E-state index contributed by atoms with van der Waals surface area (Å²) in [4.78, 5) is 4.58. The van der Waals surface area contributed by atoms with Crippen molar-refractivity contribution in [2.24, 2.45) is 4.99 Å². The van der Waals surface area contributed by atoms with Crippen molar-refractivity contribution < 1.29 is 5.11 Å². The molecule has 0 aliphatic rings. The van der Waals surface area contributed by atoms with Crippen LogP contribution in [0, 0.1) is 0 Å². The molecule has 0 aliphatic carbocycles. The van der Waals surface area contributed by atoms with Crippen LogP contribution in [0.4, 0.5) is 0 Å². The molecule has 24 heavy (non-hydrogen) atoms. The number of halogens is 2. The Labute approximate surface area is 165 Å². The Morgan fingerprint density at radius 2 is 1.75 bits per heavy atom. The molecule has 1 unspecified atom stereocenters. The molecule has 2 aromatic rings. The third kappa shape index (κ3) is 6.57. The maximum Gasteiger partial charge on any atom is 0.192 e. The zero-order chi connectivity index (χ0) is 16.7. The number of guanidine groups is 1. The van der Waals surface area contributed by atoms with E-state index in [0.717, 1.165) is 28.7 Å². The van der Waals surface area contributed by atoms with Crippen molar-refractivity contribution in [3.05, 3.63) is 64.7 Å². The van der Waals surface area contributed by atoms with E-state index in [0.29, 0.717) is 6.54 Å². The van der Waals surface area contributed by atoms with E-state index in [4.69, 9.17) is 11.6 Å². The quantitative estimate of drug-likeness (QED) is 0.351. The van der Waals surface area contributed by atoms with Gasteiger partial charge in [-0.15, -0.1) is 24.0 Å². The van der Waals surface area contributed by atoms with Crippen LogP contribution in [-0.2, 0) is 6.54 Å². The summed E-state index contributed by atoms with van der Waals surface area (Å²) in [5.41, 5.74) is 2.18. The van der Waals surface area contributed by atoms with Gasteiger partial charge < -0.3 is 15.7 Å². The van der Waals surface area contributed by atoms with Crippen LogP contribution in [0.1, 0.15) is 31.0 Å². The normalized spacial score (nSPS) is 12.2. The van der Waals surface area contributed by atoms with E-state index in [-0.39, 0.29) is 35.8 Å². The highest BCUT2D eigenvalue weighted by molar-refractivity contribution is 14.0. The minimum absolute atomic E-state index is 0. The van der Waals surface area contributed by atoms with Crippen LogP contribution in [0.3, 0.4) is 0 Å². The molecular weight excluding hydrogens is 437 g/mol. The second kappa shape index (κ2) is 10.4. The van der Waals surface area contributed by atoms with Crippen molar-refractivity contribution >= 4 is 41.5 Å². The molecule has 3 N–H and O–H groups in total. The lowest BCUT2D eigenvalue weighted by atomic mass is 10.1. The molecule has 6 heteroatoms. The number of phenols is 1. The fourth-order valence-electron chi connectivity index (χ4n) is 2.13. The summed E-state index contributed by atoms with van der Waals surface area (Å²) in [6.45, 7) is 5.44. The SMILES string of the molecule is CCNC(=NCc1ccc(O)cc1)NC(C)c1ccc(Cl)cc1.I. The monoisotopic (exact) mass is 459 g/mol. The van der Waals surface area contributed by atoms with Gasteiger partial charge in [-0.2, -0.15) is 0 Å². The number of aliphatic imine (C=N–C) groups is 1. The number of nitrogens with zero attached hydrogens (tertiary/aromatic N) is 1. The van der Waals surface area contributed by atoms with Gasteiger partial charge in [-0.3, -0.25) is 0 Å². The first-order valence-corrected chi connectivity index (χ1v) is 8.04. The van der Waals surface area contributed by atoms with E-state index in [1.807, 2.05) is 43.3 Å². The Kier molecular flexibility index (Phi) is 8.92. The Hall–Kier alpha value is -1.47. The molecule has 0 spiro atoms. The molecule has 2 aromatic carbocycles. The first kappa shape index (κ1) is 20.6. The predicted octanol–water partition coefficient (Wildman–Crippen LogP) is 4.48. The Morgan fingerprint density at radius 3 is 2.33 bits per heavy atom. The first-order valence-electron chi connectivity index (χ1n) is 7.66. The van der Waals surface area contributed by atoms with Crippen molar-refractivity contribution in [2.75, 3.05) is 6.54 Å². The highest BCUT2D eigenvalue weighted by Crippen LogP contribution is 2.16. The van der Waals surface area contributed by atoms with E-state index < -0.39 is 0 Å². The standard InChI is InChI=1S/C18H22ClN3O.HI/c1-3-20-18(21-12-14-4-10-17(23)11-5-14)22-13(2)15-6-8-16(19)9-7-15;/h4-11,13,23H,3,12H2,1-2H3,(H2,20,21,22);1H. The van der Waals surface area contributed by atoms with Gasteiger partial charge in [-0.05, 0) is 49.2 Å². The van der Waals surface area contributed by atoms with Crippen LogP contribution < -0.4 is 10.6 Å². The summed E-state index contributed by atoms with van der Waals surface area (Å²) in [5.74, 6) is 1.02. The van der Waals surface area contributed by atoms with Crippen LogP contribution in [0.2, 0.25) is 5.02 Å². The van der Waals surface area contributed by atoms with Gasteiger partial charge in [0.05, 0.1) is 12.6 Å². The van der Waals surface area contributed by atoms with E-state index in [1.54, 1.807) is 12.1 Å². The molecule has 0 radical (unpaired) electrons. The zero-order valence-electron chi connectivity index (χ0n) is 13.8. The highest BCUT2D eigenvalue weighted by atomic mass is 127. The molecule has 2 rings (SSSR count). The second-order valence-corrected chi connectivity index (χ2v) is 5.72. The Balaban J connectivity index is 0.00000288. The number of hydrogen-bond donors (Lipinski definition) is 3. The summed E-state index contributed by atoms with van der Waals surface area (Å²) in [5, 5.41) is 16.7. The number of aromatic hydroxyl groups is 1. The average Bonchev–Trinajstić information content (AvgIpc) is 2.55. The molecule has 0 amide bonds. The van der Waals surface area contributed by atoms with Gasteiger partial charge in [-0.1, -0.05) is 35.9 Å². The number of nitrogens with one attached hydrogen (secondary N) is 2. The summed E-state index contributed by atoms with van der Waals surface area (Å²) in [7, 11) is 0. The van der Waals surface area contributed by atoms with Crippen LogP contribution in [-0.4, -0.2) is 17.6 Å². The third-order valence-electron chi connectivity index (χ3n) is 3.42. The molecule has 0 saturated heterocycles. The summed E-state index contributed by atoms with van der Waals surface area (Å²) in [6, 6.07) is 15.0. The van der Waals surface area contributed by atoms with Crippen LogP contribution in [0.15, 0.2) is 53.5 Å². The van der Waals surface area contributed by atoms with Gasteiger partial charge in [0.1, 0.15) is 5.75 Å². The van der Waals surface area contributed by atoms with E-state index in [2.05, 4.69) is 22.5 Å². The Bertz CT molecular complexity index is 644. The molecule has 0 heterocycles. The van der Waals surface area contributed by atoms with Gasteiger partial charge in [0, 0.05) is 11.6 Å². The molecule has 1 atom stereocenters. The summed E-state index contributed by atoms with van der Waals surface area (Å²) < 4.78 is 0. The van der Waals surface area contributed by atoms with Gasteiger partial charge in [-0.25, -0.2) is 4.99 Å². The first-order chi connectivity index (χ1) is 11.1. The van der Waals surface area contributed by atoms with Crippen molar-refractivity contribution in [3.63, 3.8) is 0 Å². The Morgan fingerprint density at radius 1 is 1.12 bits per heavy atom. The lowest BCUT2D eigenvalue weighted by Gasteiger charge is -2.18. The largest absolute Gasteiger partial charge is 0.508 e. The zero-order valence-corrected chi connectivity index (χ0v) is 16.9. The van der Waals surface area contributed by atoms with Gasteiger partial charge in [0.15, 0.2) is 5.96 Å². The molecule has 4 nitrogen and oxygen atoms in total. The minimum atomic E-state index is 0. The van der Waals surface area contributed by atoms with Crippen molar-refractivity contribution in [2.45, 2.75) is 26.4 Å². The number of phenolic OH excluding ortho intramolecular Hbond substituents is 1. The van der Waals surface area contributed by atoms with E-state index >= 15 is 0 Å². The fraction of sp³-hybridized carbons (Fsp3) is 0.278.